The summed E-state index contributed by atoms with van der Waals surface area (Å²) in [6.45, 7) is 3.49. The third kappa shape index (κ3) is 1.83. The summed E-state index contributed by atoms with van der Waals surface area (Å²) in [5.41, 5.74) is 1.06. The summed E-state index contributed by atoms with van der Waals surface area (Å²) in [6.07, 6.45) is 0. The molecule has 2 aromatic rings. The largest absolute Gasteiger partial charge is 0.378 e. The number of hydrogen-bond donors (Lipinski definition) is 0. The van der Waals surface area contributed by atoms with Gasteiger partial charge in [0.25, 0.3) is 0 Å². The zero-order valence-corrected chi connectivity index (χ0v) is 11.1. The Morgan fingerprint density at radius 1 is 1.31 bits per heavy atom. The fourth-order valence-corrected chi connectivity index (χ4v) is 3.42. The maximum atomic E-state index is 5.34. The van der Waals surface area contributed by atoms with Gasteiger partial charge in [0.15, 0.2) is 5.13 Å². The molecule has 84 valence electrons. The number of morpholine rings is 1. The molecule has 1 aliphatic rings. The number of thiazole rings is 1. The second kappa shape index (κ2) is 4.31. The van der Waals surface area contributed by atoms with Crippen molar-refractivity contribution in [2.45, 2.75) is 0 Å². The molecule has 16 heavy (non-hydrogen) atoms. The van der Waals surface area contributed by atoms with Crippen molar-refractivity contribution in [3.05, 3.63) is 22.7 Å². The third-order valence-electron chi connectivity index (χ3n) is 2.64. The van der Waals surface area contributed by atoms with E-state index >= 15 is 0 Å². The highest BCUT2D eigenvalue weighted by Gasteiger charge is 2.15. The molecule has 0 bridgehead atoms. The van der Waals surface area contributed by atoms with Gasteiger partial charge in [-0.2, -0.15) is 0 Å². The van der Waals surface area contributed by atoms with Gasteiger partial charge in [-0.15, -0.1) is 0 Å². The Balaban J connectivity index is 2.01. The highest BCUT2D eigenvalue weighted by molar-refractivity contribution is 9.10. The van der Waals surface area contributed by atoms with Crippen LogP contribution in [0.3, 0.4) is 0 Å². The fraction of sp³-hybridized carbons (Fsp3) is 0.364. The molecule has 1 saturated heterocycles. The van der Waals surface area contributed by atoms with Crippen LogP contribution in [0.5, 0.6) is 0 Å². The lowest BCUT2D eigenvalue weighted by Gasteiger charge is -2.25. The molecular weight excluding hydrogens is 288 g/mol. The average Bonchev–Trinajstić information content (AvgIpc) is 2.76. The Kier molecular flexibility index (Phi) is 2.83. The van der Waals surface area contributed by atoms with Crippen LogP contribution >= 0.6 is 27.3 Å². The molecule has 0 N–H and O–H groups in total. The monoisotopic (exact) mass is 298 g/mol. The first-order valence-electron chi connectivity index (χ1n) is 5.22. The molecule has 0 unspecified atom stereocenters. The summed E-state index contributed by atoms with van der Waals surface area (Å²) in [4.78, 5) is 6.97. The van der Waals surface area contributed by atoms with Crippen LogP contribution in [0.4, 0.5) is 5.13 Å². The van der Waals surface area contributed by atoms with E-state index in [0.29, 0.717) is 0 Å². The Bertz CT molecular complexity index is 508. The molecule has 2 heterocycles. The van der Waals surface area contributed by atoms with E-state index in [9.17, 15) is 0 Å². The quantitative estimate of drug-likeness (QED) is 0.809. The standard InChI is InChI=1S/C11H11BrN2OS/c12-8-2-1-3-9-10(8)13-11(16-9)14-4-6-15-7-5-14/h1-3H,4-7H2. The Morgan fingerprint density at radius 2 is 2.12 bits per heavy atom. The van der Waals surface area contributed by atoms with Crippen molar-refractivity contribution < 1.29 is 4.74 Å². The first-order chi connectivity index (χ1) is 7.84. The number of fused-ring (bicyclic) bond motifs is 1. The molecule has 0 amide bonds. The number of halogens is 1. The Morgan fingerprint density at radius 3 is 2.88 bits per heavy atom. The van der Waals surface area contributed by atoms with Gasteiger partial charge in [-0.3, -0.25) is 0 Å². The van der Waals surface area contributed by atoms with Crippen molar-refractivity contribution in [2.24, 2.45) is 0 Å². The number of aromatic nitrogens is 1. The van der Waals surface area contributed by atoms with E-state index in [-0.39, 0.29) is 0 Å². The van der Waals surface area contributed by atoms with Gasteiger partial charge < -0.3 is 9.64 Å². The number of benzene rings is 1. The van der Waals surface area contributed by atoms with Crippen molar-refractivity contribution in [1.82, 2.24) is 4.98 Å². The molecule has 1 aliphatic heterocycles. The second-order valence-corrected chi connectivity index (χ2v) is 5.55. The van der Waals surface area contributed by atoms with Gasteiger partial charge in [0.05, 0.1) is 23.4 Å². The second-order valence-electron chi connectivity index (χ2n) is 3.68. The first kappa shape index (κ1) is 10.5. The highest BCUT2D eigenvalue weighted by Crippen LogP contribution is 2.33. The summed E-state index contributed by atoms with van der Waals surface area (Å²) in [7, 11) is 0. The van der Waals surface area contributed by atoms with Crippen LogP contribution in [-0.2, 0) is 4.74 Å². The summed E-state index contributed by atoms with van der Waals surface area (Å²) in [6, 6.07) is 6.19. The van der Waals surface area contributed by atoms with Crippen molar-refractivity contribution in [2.75, 3.05) is 31.2 Å². The molecule has 0 spiro atoms. The van der Waals surface area contributed by atoms with Gasteiger partial charge in [0.2, 0.25) is 0 Å². The average molecular weight is 299 g/mol. The van der Waals surface area contributed by atoms with Gasteiger partial charge in [0.1, 0.15) is 0 Å². The molecule has 0 saturated carbocycles. The molecule has 0 radical (unpaired) electrons. The third-order valence-corrected chi connectivity index (χ3v) is 4.36. The SMILES string of the molecule is Brc1cccc2sc(N3CCOCC3)nc12. The summed E-state index contributed by atoms with van der Waals surface area (Å²) in [5, 5.41) is 1.10. The number of hydrogen-bond acceptors (Lipinski definition) is 4. The molecular formula is C11H11BrN2OS. The van der Waals surface area contributed by atoms with Crippen LogP contribution < -0.4 is 4.90 Å². The lowest BCUT2D eigenvalue weighted by atomic mass is 10.3. The van der Waals surface area contributed by atoms with Gasteiger partial charge >= 0.3 is 0 Å². The van der Waals surface area contributed by atoms with E-state index in [1.165, 1.54) is 4.70 Å². The number of ether oxygens (including phenoxy) is 1. The van der Waals surface area contributed by atoms with E-state index in [1.54, 1.807) is 11.3 Å². The first-order valence-corrected chi connectivity index (χ1v) is 6.83. The highest BCUT2D eigenvalue weighted by atomic mass is 79.9. The van der Waals surface area contributed by atoms with E-state index in [0.717, 1.165) is 41.4 Å². The lowest BCUT2D eigenvalue weighted by Crippen LogP contribution is -2.36. The minimum absolute atomic E-state index is 0.803. The summed E-state index contributed by atoms with van der Waals surface area (Å²) >= 11 is 5.28. The van der Waals surface area contributed by atoms with Gasteiger partial charge in [0, 0.05) is 17.6 Å². The molecule has 5 heteroatoms. The minimum Gasteiger partial charge on any atom is -0.378 e. The van der Waals surface area contributed by atoms with Crippen molar-refractivity contribution in [3.8, 4) is 0 Å². The Labute approximate surface area is 106 Å². The molecule has 0 aliphatic carbocycles. The smallest absolute Gasteiger partial charge is 0.186 e. The zero-order valence-electron chi connectivity index (χ0n) is 8.65. The molecule has 3 rings (SSSR count). The van der Waals surface area contributed by atoms with Crippen LogP contribution in [0.2, 0.25) is 0 Å². The van der Waals surface area contributed by atoms with Crippen LogP contribution in [0.25, 0.3) is 10.2 Å². The van der Waals surface area contributed by atoms with Crippen LogP contribution in [0.15, 0.2) is 22.7 Å². The topological polar surface area (TPSA) is 25.4 Å². The zero-order chi connectivity index (χ0) is 11.0. The van der Waals surface area contributed by atoms with E-state index in [1.807, 2.05) is 12.1 Å². The van der Waals surface area contributed by atoms with Gasteiger partial charge in [-0.05, 0) is 28.1 Å². The predicted octanol–water partition coefficient (Wildman–Crippen LogP) is 2.90. The van der Waals surface area contributed by atoms with Gasteiger partial charge in [-0.25, -0.2) is 4.98 Å². The summed E-state index contributed by atoms with van der Waals surface area (Å²) in [5.74, 6) is 0. The summed E-state index contributed by atoms with van der Waals surface area (Å²) < 4.78 is 7.65. The van der Waals surface area contributed by atoms with E-state index in [2.05, 4.69) is 31.9 Å². The van der Waals surface area contributed by atoms with Crippen LogP contribution in [0.1, 0.15) is 0 Å². The maximum Gasteiger partial charge on any atom is 0.186 e. The van der Waals surface area contributed by atoms with Crippen molar-refractivity contribution in [1.29, 1.82) is 0 Å². The molecule has 1 aromatic heterocycles. The van der Waals surface area contributed by atoms with Crippen molar-refractivity contribution in [3.63, 3.8) is 0 Å². The normalized spacial score (nSPS) is 16.9. The number of anilines is 1. The molecule has 1 aromatic carbocycles. The van der Waals surface area contributed by atoms with Crippen LogP contribution in [-0.4, -0.2) is 31.3 Å². The number of rotatable bonds is 1. The maximum absolute atomic E-state index is 5.34. The fourth-order valence-electron chi connectivity index (χ4n) is 1.79. The minimum atomic E-state index is 0.803. The van der Waals surface area contributed by atoms with E-state index in [4.69, 9.17) is 4.74 Å². The molecule has 1 fully saturated rings. The lowest BCUT2D eigenvalue weighted by molar-refractivity contribution is 0.122. The molecule has 3 nitrogen and oxygen atoms in total. The number of para-hydroxylation sites is 1. The van der Waals surface area contributed by atoms with Crippen LogP contribution in [0, 0.1) is 0 Å². The van der Waals surface area contributed by atoms with Crippen molar-refractivity contribution >= 4 is 42.6 Å². The Hall–Kier alpha value is -0.650. The number of nitrogens with zero attached hydrogens (tertiary/aromatic N) is 2. The van der Waals surface area contributed by atoms with E-state index < -0.39 is 0 Å². The molecule has 0 atom stereocenters. The predicted molar refractivity (Wildman–Crippen MR) is 70.4 cm³/mol. The van der Waals surface area contributed by atoms with Gasteiger partial charge in [-0.1, -0.05) is 17.4 Å².